The van der Waals surface area contributed by atoms with E-state index in [1.165, 1.54) is 14.2 Å². The lowest BCUT2D eigenvalue weighted by molar-refractivity contribution is -0.00282. The van der Waals surface area contributed by atoms with Gasteiger partial charge < -0.3 is 19.3 Å². The molecule has 0 aromatic heterocycles. The number of aliphatic hydroxyl groups is 1. The van der Waals surface area contributed by atoms with Crippen LogP contribution in [0.5, 0.6) is 11.5 Å². The van der Waals surface area contributed by atoms with E-state index in [4.69, 9.17) is 14.2 Å². The van der Waals surface area contributed by atoms with Crippen LogP contribution in [0, 0.1) is 0 Å². The van der Waals surface area contributed by atoms with Crippen molar-refractivity contribution in [2.45, 2.75) is 19.1 Å². The Morgan fingerprint density at radius 3 is 2.59 bits per heavy atom. The van der Waals surface area contributed by atoms with Crippen LogP contribution in [0.15, 0.2) is 12.1 Å². The zero-order chi connectivity index (χ0) is 12.6. The maximum Gasteiger partial charge on any atom is 0.343 e. The molecule has 0 aliphatic carbocycles. The number of ether oxygens (including phenoxy) is 3. The van der Waals surface area contributed by atoms with E-state index >= 15 is 0 Å². The van der Waals surface area contributed by atoms with E-state index in [0.29, 0.717) is 22.6 Å². The summed E-state index contributed by atoms with van der Waals surface area (Å²) in [6.45, 7) is 1.57. The smallest absolute Gasteiger partial charge is 0.343 e. The largest absolute Gasteiger partial charge is 0.497 e. The molecule has 0 bridgehead atoms. The molecule has 1 heterocycles. The minimum atomic E-state index is -0.781. The van der Waals surface area contributed by atoms with Gasteiger partial charge in [0.1, 0.15) is 17.1 Å². The Morgan fingerprint density at radius 2 is 2.06 bits per heavy atom. The van der Waals surface area contributed by atoms with E-state index in [1.807, 2.05) is 0 Å². The quantitative estimate of drug-likeness (QED) is 0.804. The molecule has 2 rings (SSSR count). The van der Waals surface area contributed by atoms with Crippen LogP contribution in [-0.4, -0.2) is 31.4 Å². The fraction of sp³-hybridized carbons (Fsp3) is 0.417. The molecule has 1 N–H and O–H groups in total. The van der Waals surface area contributed by atoms with Crippen molar-refractivity contribution in [2.75, 3.05) is 14.2 Å². The Balaban J connectivity index is 2.59. The number of carbonyl (C=O) groups is 1. The van der Waals surface area contributed by atoms with Gasteiger partial charge in [0.05, 0.1) is 20.3 Å². The van der Waals surface area contributed by atoms with Crippen molar-refractivity contribution in [1.82, 2.24) is 0 Å². The average Bonchev–Trinajstić information content (AvgIpc) is 2.66. The van der Waals surface area contributed by atoms with Crippen molar-refractivity contribution in [3.05, 3.63) is 23.3 Å². The van der Waals surface area contributed by atoms with Crippen molar-refractivity contribution < 1.29 is 24.1 Å². The molecule has 92 valence electrons. The third kappa shape index (κ3) is 1.82. The highest BCUT2D eigenvalue weighted by atomic mass is 16.6. The molecular weight excluding hydrogens is 224 g/mol. The fourth-order valence-corrected chi connectivity index (χ4v) is 1.93. The summed E-state index contributed by atoms with van der Waals surface area (Å²) < 4.78 is 15.4. The van der Waals surface area contributed by atoms with Crippen LogP contribution in [0.2, 0.25) is 0 Å². The summed E-state index contributed by atoms with van der Waals surface area (Å²) in [6.07, 6.45) is -1.45. The van der Waals surface area contributed by atoms with Crippen molar-refractivity contribution in [3.8, 4) is 11.5 Å². The summed E-state index contributed by atoms with van der Waals surface area (Å²) in [7, 11) is 2.99. The summed E-state index contributed by atoms with van der Waals surface area (Å²) in [5.41, 5.74) is 0.959. The van der Waals surface area contributed by atoms with Crippen LogP contribution in [0.3, 0.4) is 0 Å². The number of methoxy groups -OCH3 is 2. The highest BCUT2D eigenvalue weighted by Crippen LogP contribution is 2.40. The Morgan fingerprint density at radius 1 is 1.35 bits per heavy atom. The number of hydrogen-bond acceptors (Lipinski definition) is 5. The molecule has 1 aliphatic heterocycles. The van der Waals surface area contributed by atoms with Gasteiger partial charge in [-0.1, -0.05) is 0 Å². The predicted molar refractivity (Wildman–Crippen MR) is 59.4 cm³/mol. The van der Waals surface area contributed by atoms with E-state index in [2.05, 4.69) is 0 Å². The average molecular weight is 238 g/mol. The van der Waals surface area contributed by atoms with Gasteiger partial charge in [0.15, 0.2) is 6.10 Å². The molecule has 0 radical (unpaired) electrons. The standard InChI is InChI=1S/C12H14O5/c1-6(13)11-8-4-7(15-2)5-9(16-3)10(8)12(14)17-11/h4-6,11,13H,1-3H3/t6-,11+/m0/s1. The number of benzene rings is 1. The van der Waals surface area contributed by atoms with E-state index in [1.54, 1.807) is 19.1 Å². The van der Waals surface area contributed by atoms with Gasteiger partial charge in [0.2, 0.25) is 0 Å². The number of cyclic esters (lactones) is 1. The van der Waals surface area contributed by atoms with E-state index in [-0.39, 0.29) is 0 Å². The van der Waals surface area contributed by atoms with Crippen LogP contribution in [0.25, 0.3) is 0 Å². The Hall–Kier alpha value is -1.75. The highest BCUT2D eigenvalue weighted by Gasteiger charge is 2.37. The van der Waals surface area contributed by atoms with Crippen molar-refractivity contribution in [1.29, 1.82) is 0 Å². The normalized spacial score (nSPS) is 19.5. The van der Waals surface area contributed by atoms with Crippen LogP contribution in [0.4, 0.5) is 0 Å². The van der Waals surface area contributed by atoms with Gasteiger partial charge >= 0.3 is 5.97 Å². The Bertz CT molecular complexity index is 452. The molecule has 2 atom stereocenters. The molecular formula is C12H14O5. The summed E-state index contributed by atoms with van der Waals surface area (Å²) in [4.78, 5) is 11.7. The summed E-state index contributed by atoms with van der Waals surface area (Å²) in [5, 5.41) is 9.59. The number of aliphatic hydroxyl groups excluding tert-OH is 1. The van der Waals surface area contributed by atoms with E-state index in [0.717, 1.165) is 0 Å². The number of fused-ring (bicyclic) bond motifs is 1. The molecule has 0 amide bonds. The molecule has 0 spiro atoms. The van der Waals surface area contributed by atoms with Crippen molar-refractivity contribution >= 4 is 5.97 Å². The van der Waals surface area contributed by atoms with Gasteiger partial charge in [-0.15, -0.1) is 0 Å². The molecule has 17 heavy (non-hydrogen) atoms. The second-order valence-corrected chi connectivity index (χ2v) is 3.86. The zero-order valence-electron chi connectivity index (χ0n) is 9.89. The first-order valence-corrected chi connectivity index (χ1v) is 5.23. The predicted octanol–water partition coefficient (Wildman–Crippen LogP) is 1.30. The minimum Gasteiger partial charge on any atom is -0.497 e. The maximum atomic E-state index is 11.7. The van der Waals surface area contributed by atoms with Crippen LogP contribution in [-0.2, 0) is 4.74 Å². The first kappa shape index (κ1) is 11.7. The topological polar surface area (TPSA) is 65.0 Å². The lowest BCUT2D eigenvalue weighted by Gasteiger charge is -2.14. The van der Waals surface area contributed by atoms with Crippen LogP contribution >= 0.6 is 0 Å². The molecule has 0 unspecified atom stereocenters. The summed E-state index contributed by atoms with van der Waals surface area (Å²) >= 11 is 0. The number of carbonyl (C=O) groups excluding carboxylic acids is 1. The number of rotatable bonds is 3. The molecule has 0 saturated heterocycles. The van der Waals surface area contributed by atoms with Crippen LogP contribution < -0.4 is 9.47 Å². The van der Waals surface area contributed by atoms with Gasteiger partial charge in [0, 0.05) is 11.6 Å². The number of esters is 1. The number of hydrogen-bond donors (Lipinski definition) is 1. The first-order chi connectivity index (χ1) is 8.08. The van der Waals surface area contributed by atoms with E-state index in [9.17, 15) is 9.90 Å². The third-order valence-electron chi connectivity index (χ3n) is 2.74. The Kier molecular flexibility index (Phi) is 2.93. The molecule has 5 heteroatoms. The lowest BCUT2D eigenvalue weighted by atomic mass is 10.0. The van der Waals surface area contributed by atoms with Gasteiger partial charge in [-0.25, -0.2) is 4.79 Å². The van der Waals surface area contributed by atoms with Gasteiger partial charge in [0.25, 0.3) is 0 Å². The van der Waals surface area contributed by atoms with E-state index < -0.39 is 18.2 Å². The second-order valence-electron chi connectivity index (χ2n) is 3.86. The monoisotopic (exact) mass is 238 g/mol. The van der Waals surface area contributed by atoms with Crippen molar-refractivity contribution in [2.24, 2.45) is 0 Å². The molecule has 1 aromatic rings. The molecule has 1 aliphatic rings. The minimum absolute atomic E-state index is 0.360. The van der Waals surface area contributed by atoms with Crippen molar-refractivity contribution in [3.63, 3.8) is 0 Å². The molecule has 0 saturated carbocycles. The van der Waals surface area contributed by atoms with Gasteiger partial charge in [-0.2, -0.15) is 0 Å². The first-order valence-electron chi connectivity index (χ1n) is 5.23. The van der Waals surface area contributed by atoms with Gasteiger partial charge in [-0.3, -0.25) is 0 Å². The maximum absolute atomic E-state index is 11.7. The zero-order valence-corrected chi connectivity index (χ0v) is 9.89. The van der Waals surface area contributed by atoms with Gasteiger partial charge in [-0.05, 0) is 13.0 Å². The lowest BCUT2D eigenvalue weighted by Crippen LogP contribution is -2.14. The third-order valence-corrected chi connectivity index (χ3v) is 2.74. The molecule has 5 nitrogen and oxygen atoms in total. The van der Waals surface area contributed by atoms with Crippen LogP contribution in [0.1, 0.15) is 28.9 Å². The second kappa shape index (κ2) is 4.25. The molecule has 1 aromatic carbocycles. The Labute approximate surface area is 98.9 Å². The SMILES string of the molecule is COc1cc(OC)c2c(c1)[C@@H]([C@H](C)O)OC2=O. The fourth-order valence-electron chi connectivity index (χ4n) is 1.93. The summed E-state index contributed by atoms with van der Waals surface area (Å²) in [5.74, 6) is 0.474. The summed E-state index contributed by atoms with van der Waals surface area (Å²) in [6, 6.07) is 3.30. The molecule has 0 fully saturated rings. The highest BCUT2D eigenvalue weighted by molar-refractivity contribution is 5.97.